The highest BCUT2D eigenvalue weighted by atomic mass is 16.5. The molecule has 6 heteroatoms. The third kappa shape index (κ3) is 3.13. The van der Waals surface area contributed by atoms with Crippen molar-refractivity contribution in [2.75, 3.05) is 26.7 Å². The van der Waals surface area contributed by atoms with Crippen molar-refractivity contribution >= 4 is 0 Å². The Labute approximate surface area is 131 Å². The van der Waals surface area contributed by atoms with E-state index >= 15 is 0 Å². The topological polar surface area (TPSA) is 55.2 Å². The van der Waals surface area contributed by atoms with E-state index in [1.54, 1.807) is 7.11 Å². The van der Waals surface area contributed by atoms with E-state index in [9.17, 15) is 0 Å². The van der Waals surface area contributed by atoms with Gasteiger partial charge in [-0.25, -0.2) is 4.98 Å². The molecule has 0 bridgehead atoms. The first kappa shape index (κ1) is 15.0. The molecule has 3 heterocycles. The van der Waals surface area contributed by atoms with Crippen molar-refractivity contribution in [3.63, 3.8) is 0 Å². The summed E-state index contributed by atoms with van der Waals surface area (Å²) in [5, 5.41) is 3.46. The lowest BCUT2D eigenvalue weighted by atomic mass is 10.1. The number of hydrogen-bond donors (Lipinski definition) is 1. The zero-order valence-electron chi connectivity index (χ0n) is 13.4. The molecular formula is C16H23N5O. The molecule has 2 aromatic rings. The fraction of sp³-hybridized carbons (Fsp3) is 0.500. The smallest absolute Gasteiger partial charge is 0.127 e. The number of ether oxygens (including phenoxy) is 1. The van der Waals surface area contributed by atoms with Crippen molar-refractivity contribution in [2.45, 2.75) is 19.5 Å². The molecule has 1 atom stereocenters. The number of aryl methyl sites for hydroxylation is 2. The Kier molecular flexibility index (Phi) is 4.40. The minimum Gasteiger partial charge on any atom is -0.497 e. The minimum absolute atomic E-state index is 0.266. The molecule has 1 unspecified atom stereocenters. The van der Waals surface area contributed by atoms with Crippen LogP contribution in [-0.4, -0.2) is 46.2 Å². The first-order chi connectivity index (χ1) is 10.7. The summed E-state index contributed by atoms with van der Waals surface area (Å²) < 4.78 is 7.45. The van der Waals surface area contributed by atoms with Gasteiger partial charge in [-0.05, 0) is 6.92 Å². The largest absolute Gasteiger partial charge is 0.497 e. The van der Waals surface area contributed by atoms with Gasteiger partial charge in [0.05, 0.1) is 18.8 Å². The Morgan fingerprint density at radius 2 is 2.27 bits per heavy atom. The number of imidazole rings is 1. The van der Waals surface area contributed by atoms with Gasteiger partial charge in [0.1, 0.15) is 11.6 Å². The maximum Gasteiger partial charge on any atom is 0.127 e. The molecule has 1 saturated heterocycles. The van der Waals surface area contributed by atoms with Gasteiger partial charge < -0.3 is 14.6 Å². The van der Waals surface area contributed by atoms with Crippen LogP contribution in [0.5, 0.6) is 5.75 Å². The molecule has 0 amide bonds. The Bertz CT molecular complexity index is 639. The van der Waals surface area contributed by atoms with Gasteiger partial charge in [0.15, 0.2) is 0 Å². The molecule has 2 aromatic heterocycles. The van der Waals surface area contributed by atoms with Gasteiger partial charge in [0.2, 0.25) is 0 Å². The van der Waals surface area contributed by atoms with E-state index < -0.39 is 0 Å². The number of nitrogens with one attached hydrogen (secondary N) is 1. The van der Waals surface area contributed by atoms with Crippen molar-refractivity contribution in [1.29, 1.82) is 0 Å². The Hall–Kier alpha value is -1.92. The van der Waals surface area contributed by atoms with E-state index in [0.29, 0.717) is 0 Å². The van der Waals surface area contributed by atoms with Gasteiger partial charge in [-0.15, -0.1) is 0 Å². The highest BCUT2D eigenvalue weighted by Gasteiger charge is 2.27. The molecule has 0 spiro atoms. The van der Waals surface area contributed by atoms with E-state index in [1.165, 1.54) is 0 Å². The van der Waals surface area contributed by atoms with Crippen molar-refractivity contribution < 1.29 is 4.74 Å². The van der Waals surface area contributed by atoms with Crippen molar-refractivity contribution in [3.05, 3.63) is 41.7 Å². The van der Waals surface area contributed by atoms with Gasteiger partial charge in [-0.2, -0.15) is 0 Å². The molecule has 6 nitrogen and oxygen atoms in total. The fourth-order valence-electron chi connectivity index (χ4n) is 3.00. The molecule has 0 saturated carbocycles. The summed E-state index contributed by atoms with van der Waals surface area (Å²) in [5.74, 6) is 1.96. The molecule has 3 rings (SSSR count). The summed E-state index contributed by atoms with van der Waals surface area (Å²) >= 11 is 0. The van der Waals surface area contributed by atoms with Crippen molar-refractivity contribution in [3.8, 4) is 5.75 Å². The SMILES string of the molecule is COc1cc(C)nc(CN2CCNCC2c2nccn2C)c1. The van der Waals surface area contributed by atoms with Crippen LogP contribution in [0.25, 0.3) is 0 Å². The molecule has 1 N–H and O–H groups in total. The predicted molar refractivity (Wildman–Crippen MR) is 84.8 cm³/mol. The monoisotopic (exact) mass is 301 g/mol. The van der Waals surface area contributed by atoms with E-state index in [4.69, 9.17) is 4.74 Å². The van der Waals surface area contributed by atoms with E-state index in [2.05, 4.69) is 24.8 Å². The van der Waals surface area contributed by atoms with Crippen molar-refractivity contribution in [2.24, 2.45) is 7.05 Å². The van der Waals surface area contributed by atoms with Crippen LogP contribution in [0.1, 0.15) is 23.3 Å². The summed E-state index contributed by atoms with van der Waals surface area (Å²) in [7, 11) is 3.74. The lowest BCUT2D eigenvalue weighted by Gasteiger charge is -2.35. The van der Waals surface area contributed by atoms with Gasteiger partial charge in [-0.3, -0.25) is 9.88 Å². The van der Waals surface area contributed by atoms with Crippen LogP contribution in [0.3, 0.4) is 0 Å². The number of pyridine rings is 1. The van der Waals surface area contributed by atoms with Crippen LogP contribution in [0, 0.1) is 6.92 Å². The standard InChI is InChI=1S/C16H23N5O/c1-12-8-14(22-3)9-13(19-12)11-21-7-4-17-10-15(21)16-18-5-6-20(16)2/h5-6,8-9,15,17H,4,7,10-11H2,1-3H3. The number of rotatable bonds is 4. The molecule has 1 fully saturated rings. The molecule has 118 valence electrons. The maximum absolute atomic E-state index is 5.36. The van der Waals surface area contributed by atoms with Crippen LogP contribution in [0.4, 0.5) is 0 Å². The molecule has 22 heavy (non-hydrogen) atoms. The van der Waals surface area contributed by atoms with Crippen LogP contribution >= 0.6 is 0 Å². The van der Waals surface area contributed by atoms with Gasteiger partial charge >= 0.3 is 0 Å². The maximum atomic E-state index is 5.36. The molecule has 0 aromatic carbocycles. The number of methoxy groups -OCH3 is 1. The van der Waals surface area contributed by atoms with Crippen LogP contribution < -0.4 is 10.1 Å². The van der Waals surface area contributed by atoms with Crippen LogP contribution in [-0.2, 0) is 13.6 Å². The number of nitrogens with zero attached hydrogens (tertiary/aromatic N) is 4. The molecule has 1 aliphatic rings. The second-order valence-electron chi connectivity index (χ2n) is 5.73. The van der Waals surface area contributed by atoms with E-state index in [1.807, 2.05) is 38.5 Å². The quantitative estimate of drug-likeness (QED) is 0.922. The summed E-state index contributed by atoms with van der Waals surface area (Å²) in [6.07, 6.45) is 3.85. The third-order valence-corrected chi connectivity index (χ3v) is 4.09. The predicted octanol–water partition coefficient (Wildman–Crippen LogP) is 1.28. The first-order valence-corrected chi connectivity index (χ1v) is 7.61. The number of piperazine rings is 1. The van der Waals surface area contributed by atoms with Crippen LogP contribution in [0.15, 0.2) is 24.5 Å². The molecule has 0 aliphatic carbocycles. The summed E-state index contributed by atoms with van der Waals surface area (Å²) in [6.45, 7) is 5.68. The first-order valence-electron chi connectivity index (χ1n) is 7.61. The second-order valence-corrected chi connectivity index (χ2v) is 5.73. The zero-order valence-corrected chi connectivity index (χ0v) is 13.4. The highest BCUT2D eigenvalue weighted by molar-refractivity contribution is 5.26. The zero-order chi connectivity index (χ0) is 15.5. The summed E-state index contributed by atoms with van der Waals surface area (Å²) in [6, 6.07) is 4.24. The lowest BCUT2D eigenvalue weighted by molar-refractivity contribution is 0.143. The molecular weight excluding hydrogens is 278 g/mol. The second kappa shape index (κ2) is 6.46. The summed E-state index contributed by atoms with van der Waals surface area (Å²) in [4.78, 5) is 11.6. The average molecular weight is 301 g/mol. The number of hydrogen-bond acceptors (Lipinski definition) is 5. The Balaban J connectivity index is 1.83. The van der Waals surface area contributed by atoms with Crippen molar-refractivity contribution in [1.82, 2.24) is 24.8 Å². The Morgan fingerprint density at radius 3 is 3.00 bits per heavy atom. The van der Waals surface area contributed by atoms with Gasteiger partial charge in [0.25, 0.3) is 0 Å². The molecule has 0 radical (unpaired) electrons. The lowest BCUT2D eigenvalue weighted by Crippen LogP contribution is -2.46. The Morgan fingerprint density at radius 1 is 1.41 bits per heavy atom. The third-order valence-electron chi connectivity index (χ3n) is 4.09. The fourth-order valence-corrected chi connectivity index (χ4v) is 3.00. The number of aromatic nitrogens is 3. The van der Waals surface area contributed by atoms with Gasteiger partial charge in [0, 0.05) is 63.4 Å². The molecule has 1 aliphatic heterocycles. The summed E-state index contributed by atoms with van der Waals surface area (Å²) in [5.41, 5.74) is 2.02. The highest BCUT2D eigenvalue weighted by Crippen LogP contribution is 2.23. The van der Waals surface area contributed by atoms with Crippen LogP contribution in [0.2, 0.25) is 0 Å². The average Bonchev–Trinajstić information content (AvgIpc) is 2.93. The van der Waals surface area contributed by atoms with Gasteiger partial charge in [-0.1, -0.05) is 0 Å². The normalized spacial score (nSPS) is 19.3. The van der Waals surface area contributed by atoms with E-state index in [0.717, 1.165) is 49.1 Å². The van der Waals surface area contributed by atoms with E-state index in [-0.39, 0.29) is 6.04 Å². The minimum atomic E-state index is 0.266.